The summed E-state index contributed by atoms with van der Waals surface area (Å²) in [6.45, 7) is 6.67. The van der Waals surface area contributed by atoms with Crippen molar-refractivity contribution in [3.8, 4) is 0 Å². The molecule has 1 rings (SSSR count). The normalized spacial score (nSPS) is 23.7. The number of hydrogen-bond donors (Lipinski definition) is 3. The second-order valence-electron chi connectivity index (χ2n) is 4.89. The summed E-state index contributed by atoms with van der Waals surface area (Å²) in [4.78, 5) is 25.2. The number of imide groups is 1. The predicted molar refractivity (Wildman–Crippen MR) is 74.6 cm³/mol. The minimum Gasteiger partial charge on any atom is -0.334 e. The summed E-state index contributed by atoms with van der Waals surface area (Å²) in [5.74, 6) is -0.297. The Balaban J connectivity index is 2.44. The maximum atomic E-state index is 11.8. The number of likely N-dealkylation sites (tertiary alicyclic amines) is 1. The lowest BCUT2D eigenvalue weighted by atomic mass is 9.96. The van der Waals surface area contributed by atoms with Crippen molar-refractivity contribution in [1.29, 1.82) is 0 Å². The Hall–Kier alpha value is -1.40. The zero-order valence-electron chi connectivity index (χ0n) is 11.5. The Morgan fingerprint density at radius 3 is 2.84 bits per heavy atom. The molecule has 4 N–H and O–H groups in total. The van der Waals surface area contributed by atoms with Gasteiger partial charge in [-0.3, -0.25) is 15.0 Å². The fourth-order valence-corrected chi connectivity index (χ4v) is 2.42. The lowest BCUT2D eigenvalue weighted by molar-refractivity contribution is -0.122. The molecule has 6 nitrogen and oxygen atoms in total. The molecule has 2 unspecified atom stereocenters. The lowest BCUT2D eigenvalue weighted by Gasteiger charge is -2.39. The van der Waals surface area contributed by atoms with Crippen LogP contribution in [0.15, 0.2) is 12.7 Å². The van der Waals surface area contributed by atoms with Crippen molar-refractivity contribution in [2.24, 2.45) is 5.73 Å². The number of nitrogens with two attached hydrogens (primary N) is 1. The number of nitrogens with zero attached hydrogens (tertiary/aromatic N) is 1. The van der Waals surface area contributed by atoms with Gasteiger partial charge >= 0.3 is 6.03 Å². The van der Waals surface area contributed by atoms with Gasteiger partial charge in [0.05, 0.1) is 6.54 Å². The fraction of sp³-hybridized carbons (Fsp3) is 0.692. The first kappa shape index (κ1) is 15.7. The molecule has 0 saturated carbocycles. The molecule has 1 fully saturated rings. The third-order valence-electron chi connectivity index (χ3n) is 3.45. The maximum Gasteiger partial charge on any atom is 0.321 e. The van der Waals surface area contributed by atoms with Crippen LogP contribution in [0.4, 0.5) is 4.79 Å². The van der Waals surface area contributed by atoms with Gasteiger partial charge in [0.15, 0.2) is 0 Å². The van der Waals surface area contributed by atoms with E-state index in [0.717, 1.165) is 19.3 Å². The van der Waals surface area contributed by atoms with E-state index in [9.17, 15) is 9.59 Å². The molecule has 0 radical (unpaired) electrons. The predicted octanol–water partition coefficient (Wildman–Crippen LogP) is 0.200. The van der Waals surface area contributed by atoms with Crippen LogP contribution < -0.4 is 16.4 Å². The van der Waals surface area contributed by atoms with Gasteiger partial charge in [0.1, 0.15) is 0 Å². The number of carbonyl (C=O) groups is 2. The number of rotatable bonds is 5. The van der Waals surface area contributed by atoms with Crippen LogP contribution in [0.25, 0.3) is 0 Å². The summed E-state index contributed by atoms with van der Waals surface area (Å²) in [6.07, 6.45) is 4.77. The number of nitrogens with one attached hydrogen (secondary N) is 2. The first-order chi connectivity index (χ1) is 9.08. The summed E-state index contributed by atoms with van der Waals surface area (Å²) in [6, 6.07) is 0.0638. The molecule has 0 spiro atoms. The smallest absolute Gasteiger partial charge is 0.321 e. The molecule has 0 aromatic rings. The molecule has 0 aliphatic carbocycles. The summed E-state index contributed by atoms with van der Waals surface area (Å²) in [7, 11) is 0. The van der Waals surface area contributed by atoms with E-state index in [2.05, 4.69) is 29.0 Å². The molecule has 1 saturated heterocycles. The number of urea groups is 1. The van der Waals surface area contributed by atoms with Crippen molar-refractivity contribution in [3.63, 3.8) is 0 Å². The summed E-state index contributed by atoms with van der Waals surface area (Å²) >= 11 is 0. The van der Waals surface area contributed by atoms with E-state index in [0.29, 0.717) is 19.1 Å². The van der Waals surface area contributed by atoms with Gasteiger partial charge < -0.3 is 11.1 Å². The van der Waals surface area contributed by atoms with Gasteiger partial charge in [0.2, 0.25) is 5.91 Å². The molecule has 1 aliphatic heterocycles. The number of amides is 3. The third-order valence-corrected chi connectivity index (χ3v) is 3.45. The van der Waals surface area contributed by atoms with Crippen LogP contribution in [-0.2, 0) is 4.79 Å². The van der Waals surface area contributed by atoms with E-state index in [1.165, 1.54) is 0 Å². The van der Waals surface area contributed by atoms with E-state index < -0.39 is 6.03 Å². The zero-order valence-corrected chi connectivity index (χ0v) is 11.5. The molecule has 108 valence electrons. The SMILES string of the molecule is C=CCNC(=O)NC(=O)CN1C(C)CCCC1CN. The highest BCUT2D eigenvalue weighted by molar-refractivity contribution is 5.95. The van der Waals surface area contributed by atoms with Gasteiger partial charge in [0.25, 0.3) is 0 Å². The van der Waals surface area contributed by atoms with Crippen molar-refractivity contribution in [2.45, 2.75) is 38.3 Å². The second kappa shape index (κ2) is 7.91. The van der Waals surface area contributed by atoms with Gasteiger partial charge in [-0.2, -0.15) is 0 Å². The number of carbonyl (C=O) groups excluding carboxylic acids is 2. The number of piperidine rings is 1. The fourth-order valence-electron chi connectivity index (χ4n) is 2.42. The largest absolute Gasteiger partial charge is 0.334 e. The van der Waals surface area contributed by atoms with Crippen molar-refractivity contribution in [3.05, 3.63) is 12.7 Å². The molecular formula is C13H24N4O2. The first-order valence-corrected chi connectivity index (χ1v) is 6.72. The molecule has 3 amide bonds. The van der Waals surface area contributed by atoms with Crippen LogP contribution in [0, 0.1) is 0 Å². The summed E-state index contributed by atoms with van der Waals surface area (Å²) in [5, 5.41) is 4.81. The highest BCUT2D eigenvalue weighted by Crippen LogP contribution is 2.21. The molecule has 0 aromatic carbocycles. The molecule has 19 heavy (non-hydrogen) atoms. The van der Waals surface area contributed by atoms with Gasteiger partial charge in [0, 0.05) is 25.2 Å². The van der Waals surface area contributed by atoms with Gasteiger partial charge in [-0.1, -0.05) is 12.5 Å². The van der Waals surface area contributed by atoms with E-state index in [1.807, 2.05) is 0 Å². The van der Waals surface area contributed by atoms with Gasteiger partial charge in [-0.05, 0) is 19.8 Å². The van der Waals surface area contributed by atoms with Crippen LogP contribution in [0.2, 0.25) is 0 Å². The van der Waals surface area contributed by atoms with Gasteiger partial charge in [-0.25, -0.2) is 4.79 Å². The molecule has 2 atom stereocenters. The molecule has 1 aliphatic rings. The summed E-state index contributed by atoms with van der Waals surface area (Å²) in [5.41, 5.74) is 5.73. The van der Waals surface area contributed by atoms with Crippen molar-refractivity contribution in [1.82, 2.24) is 15.5 Å². The standard InChI is InChI=1S/C13H24N4O2/c1-3-7-15-13(19)16-12(18)9-17-10(2)5-4-6-11(17)8-14/h3,10-11H,1,4-9,14H2,2H3,(H2,15,16,18,19). The Morgan fingerprint density at radius 1 is 1.47 bits per heavy atom. The Labute approximate surface area is 114 Å². The monoisotopic (exact) mass is 268 g/mol. The van der Waals surface area contributed by atoms with Crippen LogP contribution >= 0.6 is 0 Å². The van der Waals surface area contributed by atoms with E-state index in [4.69, 9.17) is 5.73 Å². The molecular weight excluding hydrogens is 244 g/mol. The van der Waals surface area contributed by atoms with E-state index in [-0.39, 0.29) is 18.5 Å². The topological polar surface area (TPSA) is 87.5 Å². The molecule has 1 heterocycles. The molecule has 0 bridgehead atoms. The zero-order chi connectivity index (χ0) is 14.3. The van der Waals surface area contributed by atoms with Crippen molar-refractivity contribution in [2.75, 3.05) is 19.6 Å². The highest BCUT2D eigenvalue weighted by Gasteiger charge is 2.28. The van der Waals surface area contributed by atoms with Crippen molar-refractivity contribution >= 4 is 11.9 Å². The Bertz CT molecular complexity index is 333. The molecule has 0 aromatic heterocycles. The first-order valence-electron chi connectivity index (χ1n) is 6.72. The second-order valence-corrected chi connectivity index (χ2v) is 4.89. The minimum absolute atomic E-state index is 0.213. The number of hydrogen-bond acceptors (Lipinski definition) is 4. The summed E-state index contributed by atoms with van der Waals surface area (Å²) < 4.78 is 0. The van der Waals surface area contributed by atoms with E-state index >= 15 is 0 Å². The third kappa shape index (κ3) is 5.00. The average Bonchev–Trinajstić information content (AvgIpc) is 2.38. The van der Waals surface area contributed by atoms with Crippen molar-refractivity contribution < 1.29 is 9.59 Å². The highest BCUT2D eigenvalue weighted by atomic mass is 16.2. The van der Waals surface area contributed by atoms with E-state index in [1.54, 1.807) is 6.08 Å². The van der Waals surface area contributed by atoms with Crippen LogP contribution in [0.5, 0.6) is 0 Å². The lowest BCUT2D eigenvalue weighted by Crippen LogP contribution is -2.53. The Kier molecular flexibility index (Phi) is 6.52. The Morgan fingerprint density at radius 2 is 2.21 bits per heavy atom. The molecule has 6 heteroatoms. The van der Waals surface area contributed by atoms with Crippen LogP contribution in [0.3, 0.4) is 0 Å². The van der Waals surface area contributed by atoms with Gasteiger partial charge in [-0.15, -0.1) is 6.58 Å². The minimum atomic E-state index is -0.487. The average molecular weight is 268 g/mol. The quantitative estimate of drug-likeness (QED) is 0.622. The maximum absolute atomic E-state index is 11.8. The van der Waals surface area contributed by atoms with Crippen LogP contribution in [0.1, 0.15) is 26.2 Å². The van der Waals surface area contributed by atoms with Crippen LogP contribution in [-0.4, -0.2) is 48.6 Å².